The van der Waals surface area contributed by atoms with E-state index in [2.05, 4.69) is 5.32 Å². The van der Waals surface area contributed by atoms with Crippen molar-refractivity contribution >= 4 is 41.2 Å². The van der Waals surface area contributed by atoms with Crippen LogP contribution in [0.5, 0.6) is 11.5 Å². The summed E-state index contributed by atoms with van der Waals surface area (Å²) in [6, 6.07) is 0. The van der Waals surface area contributed by atoms with Gasteiger partial charge in [0.1, 0.15) is 0 Å². The molecule has 1 aromatic rings. The number of hydrogen-bond acceptors (Lipinski definition) is 8. The molecule has 0 spiro atoms. The number of halogens is 1. The molecule has 0 atom stereocenters. The Bertz CT molecular complexity index is 712. The predicted octanol–water partition coefficient (Wildman–Crippen LogP) is 0.730. The quantitative estimate of drug-likeness (QED) is 0.369. The van der Waals surface area contributed by atoms with Gasteiger partial charge in [0.2, 0.25) is 0 Å². The molecule has 0 radical (unpaired) electrons. The molecular formula is C15H18ClHg2NO7. The fraction of sp³-hybridized carbons (Fsp3) is 0.400. The molecule has 0 saturated carbocycles. The number of Topliss-reactive ketones (excluding diaryl/α,β-unsaturated/α-hetero) is 1. The van der Waals surface area contributed by atoms with Gasteiger partial charge in [-0.2, -0.15) is 0 Å². The Morgan fingerprint density at radius 2 is 1.42 bits per heavy atom. The summed E-state index contributed by atoms with van der Waals surface area (Å²) in [7, 11) is 2.93. The summed E-state index contributed by atoms with van der Waals surface area (Å²) in [5, 5.41) is 3.33. The van der Waals surface area contributed by atoms with Crippen LogP contribution in [0.2, 0.25) is 5.02 Å². The standard InChI is InChI=1S/C11H12ClNO3.2C2H4O2.2Hg/c1-7(14)6-13-9-4-8(12)10(15-2)5-11(9)16-3;2*1-2(3)4;;/h13H,6H2,1-3H3;2*1H3,(H,3,4);;/q;;;2*+1/p-2. The molecule has 0 aliphatic rings. The van der Waals surface area contributed by atoms with Crippen molar-refractivity contribution in [2.24, 2.45) is 0 Å². The second-order valence-corrected chi connectivity index (χ2v) is 15.7. The normalized spacial score (nSPS) is 9.46. The maximum atomic E-state index is 11.4. The van der Waals surface area contributed by atoms with Gasteiger partial charge in [-0.3, -0.25) is 0 Å². The first-order chi connectivity index (χ1) is 12.2. The van der Waals surface area contributed by atoms with E-state index in [-0.39, 0.29) is 24.3 Å². The summed E-state index contributed by atoms with van der Waals surface area (Å²) < 4.78 is 22.8. The van der Waals surface area contributed by atoms with Crippen molar-refractivity contribution in [2.75, 3.05) is 26.1 Å². The average Bonchev–Trinajstić information content (AvgIpc) is 2.56. The van der Waals surface area contributed by atoms with Crippen molar-refractivity contribution in [3.63, 3.8) is 0 Å². The van der Waals surface area contributed by atoms with Gasteiger partial charge in [0.15, 0.2) is 0 Å². The topological polar surface area (TPSA) is 100 Å². The van der Waals surface area contributed by atoms with Gasteiger partial charge < -0.3 is 0 Å². The number of methoxy groups -OCH3 is 2. The molecule has 1 N–H and O–H groups in total. The van der Waals surface area contributed by atoms with Crippen LogP contribution in [0.25, 0.3) is 0 Å². The molecule has 136 valence electrons. The zero-order valence-electron chi connectivity index (χ0n) is 15.4. The summed E-state index contributed by atoms with van der Waals surface area (Å²) in [6.45, 7) is 4.17. The number of ether oxygens (including phenoxy) is 2. The third-order valence-corrected chi connectivity index (χ3v) is 16.3. The Balaban J connectivity index is 3.57. The summed E-state index contributed by atoms with van der Waals surface area (Å²) in [5.41, 5.74) is 0.513. The van der Waals surface area contributed by atoms with Gasteiger partial charge in [0.25, 0.3) is 0 Å². The van der Waals surface area contributed by atoms with Crippen molar-refractivity contribution in [1.29, 1.82) is 0 Å². The fourth-order valence-corrected chi connectivity index (χ4v) is 12.4. The van der Waals surface area contributed by atoms with Gasteiger partial charge in [0, 0.05) is 0 Å². The molecule has 0 aliphatic heterocycles. The summed E-state index contributed by atoms with van der Waals surface area (Å²) >= 11 is 1.67. The monoisotopic (exact) mass is 763 g/mol. The number of nitrogens with one attached hydrogen (secondary N) is 1. The summed E-state index contributed by atoms with van der Waals surface area (Å²) in [4.78, 5) is 33.9. The molecule has 0 fully saturated rings. The van der Waals surface area contributed by atoms with Crippen LogP contribution >= 0.6 is 11.6 Å². The molecule has 0 aromatic heterocycles. The van der Waals surface area contributed by atoms with Gasteiger partial charge >= 0.3 is 184 Å². The Morgan fingerprint density at radius 1 is 0.923 bits per heavy atom. The van der Waals surface area contributed by atoms with Crippen LogP contribution < -0.4 is 20.9 Å². The minimum atomic E-state index is -2.43. The molecule has 26 heavy (non-hydrogen) atoms. The van der Waals surface area contributed by atoms with Gasteiger partial charge in [-0.05, 0) is 0 Å². The molecule has 0 saturated heterocycles. The van der Waals surface area contributed by atoms with E-state index in [9.17, 15) is 14.4 Å². The van der Waals surface area contributed by atoms with Crippen molar-refractivity contribution in [2.45, 2.75) is 20.8 Å². The molecule has 0 heterocycles. The van der Waals surface area contributed by atoms with Crippen molar-refractivity contribution < 1.29 is 79.2 Å². The number of carbonyl (C=O) groups excluding carboxylic acids is 3. The number of ketones is 1. The van der Waals surface area contributed by atoms with Crippen LogP contribution in [0.3, 0.4) is 0 Å². The minimum absolute atomic E-state index is 0.0593. The first kappa shape index (κ1) is 23.4. The molecule has 0 amide bonds. The first-order valence-electron chi connectivity index (χ1n) is 7.68. The van der Waals surface area contributed by atoms with Gasteiger partial charge in [-0.25, -0.2) is 0 Å². The number of rotatable bonds is 9. The van der Waals surface area contributed by atoms with Crippen LogP contribution in [-0.2, 0) is 69.7 Å². The summed E-state index contributed by atoms with van der Waals surface area (Å²) in [6.07, 6.45) is 0. The van der Waals surface area contributed by atoms with Crippen molar-refractivity contribution in [3.8, 4) is 11.5 Å². The van der Waals surface area contributed by atoms with E-state index in [1.165, 1.54) is 35.0 Å². The van der Waals surface area contributed by atoms with Gasteiger partial charge in [0.05, 0.1) is 0 Å². The third-order valence-electron chi connectivity index (χ3n) is 3.30. The molecule has 0 bridgehead atoms. The molecule has 11 heteroatoms. The Morgan fingerprint density at radius 3 is 1.85 bits per heavy atom. The van der Waals surface area contributed by atoms with Gasteiger partial charge in [-0.15, -0.1) is 0 Å². The number of anilines is 1. The number of hydrogen-bond donors (Lipinski definition) is 1. The third kappa shape index (κ3) is 6.53. The Hall–Kier alpha value is -0.610. The van der Waals surface area contributed by atoms with E-state index in [1.807, 2.05) is 0 Å². The number of carbonyl (C=O) groups is 3. The van der Waals surface area contributed by atoms with Crippen LogP contribution in [0.1, 0.15) is 20.8 Å². The molecule has 0 aliphatic carbocycles. The average molecular weight is 761 g/mol. The number of benzene rings is 1. The molecule has 0 unspecified atom stereocenters. The van der Waals surface area contributed by atoms with Crippen molar-refractivity contribution in [1.82, 2.24) is 0 Å². The predicted molar refractivity (Wildman–Crippen MR) is 86.5 cm³/mol. The second-order valence-electron chi connectivity index (χ2n) is 5.33. The van der Waals surface area contributed by atoms with E-state index >= 15 is 0 Å². The molecular weight excluding hydrogens is 743 g/mol. The maximum absolute atomic E-state index is 11.4. The van der Waals surface area contributed by atoms with Crippen LogP contribution in [-0.4, -0.2) is 38.5 Å². The Kier molecular flexibility index (Phi) is 10.2. The van der Waals surface area contributed by atoms with E-state index in [4.69, 9.17) is 26.4 Å². The van der Waals surface area contributed by atoms with Crippen LogP contribution in [0.15, 0.2) is 0 Å². The summed E-state index contributed by atoms with van der Waals surface area (Å²) in [5.74, 6) is -0.0453. The fourth-order valence-electron chi connectivity index (χ4n) is 2.22. The molecule has 8 nitrogen and oxygen atoms in total. The van der Waals surface area contributed by atoms with Gasteiger partial charge in [-0.1, -0.05) is 0 Å². The molecule has 1 rings (SSSR count). The van der Waals surface area contributed by atoms with Crippen molar-refractivity contribution in [3.05, 3.63) is 5.02 Å². The van der Waals surface area contributed by atoms with Crippen LogP contribution in [0.4, 0.5) is 5.69 Å². The Labute approximate surface area is 182 Å². The second kappa shape index (κ2) is 11.3. The first-order valence-corrected chi connectivity index (χ1v) is 18.0. The van der Waals surface area contributed by atoms with E-state index < -0.39 is 50.1 Å². The van der Waals surface area contributed by atoms with E-state index in [0.717, 1.165) is 0 Å². The van der Waals surface area contributed by atoms with E-state index in [0.29, 0.717) is 28.4 Å². The van der Waals surface area contributed by atoms with E-state index in [1.54, 1.807) is 0 Å². The zero-order valence-corrected chi connectivity index (χ0v) is 27.1. The zero-order chi connectivity index (χ0) is 19.9. The van der Waals surface area contributed by atoms with Crippen LogP contribution in [0, 0.1) is 0 Å². The molecule has 1 aromatic carbocycles. The SMILES string of the molecule is COc1c(Cl)[c]([Hg][O]C(C)=O)c(NCC(C)=O)c(OC)[c]1[Hg][O]C(C)=O.